The maximum atomic E-state index is 12.4. The second-order valence-corrected chi connectivity index (χ2v) is 6.07. The average molecular weight is 287 g/mol. The van der Waals surface area contributed by atoms with Crippen LogP contribution in [0.4, 0.5) is 0 Å². The Morgan fingerprint density at radius 3 is 2.76 bits per heavy atom. The molecule has 0 saturated carbocycles. The Morgan fingerprint density at radius 1 is 1.38 bits per heavy atom. The van der Waals surface area contributed by atoms with Crippen LogP contribution < -0.4 is 0 Å². The number of fused-ring (bicyclic) bond motifs is 1. The van der Waals surface area contributed by atoms with Gasteiger partial charge in [0.05, 0.1) is 6.61 Å². The van der Waals surface area contributed by atoms with E-state index in [-0.39, 0.29) is 17.8 Å². The summed E-state index contributed by atoms with van der Waals surface area (Å²) in [5.74, 6) is 0.0717. The molecule has 2 unspecified atom stereocenters. The van der Waals surface area contributed by atoms with Gasteiger partial charge in [-0.05, 0) is 32.3 Å². The molecule has 1 aromatic carbocycles. The lowest BCUT2D eigenvalue weighted by atomic mass is 9.86. The minimum atomic E-state index is -0.720. The molecule has 2 heterocycles. The van der Waals surface area contributed by atoms with Crippen molar-refractivity contribution in [2.45, 2.75) is 44.6 Å². The van der Waals surface area contributed by atoms with Crippen molar-refractivity contribution in [2.75, 3.05) is 13.2 Å². The summed E-state index contributed by atoms with van der Waals surface area (Å²) in [6.07, 6.45) is 1.73. The van der Waals surface area contributed by atoms with Crippen LogP contribution >= 0.6 is 0 Å². The molecular formula is C17H21NO3. The molecule has 2 atom stereocenters. The third-order valence-corrected chi connectivity index (χ3v) is 4.76. The molecule has 0 spiro atoms. The zero-order valence-electron chi connectivity index (χ0n) is 12.6. The van der Waals surface area contributed by atoms with Crippen LogP contribution in [0.15, 0.2) is 24.3 Å². The first-order chi connectivity index (χ1) is 10.1. The first kappa shape index (κ1) is 14.1. The lowest BCUT2D eigenvalue weighted by Gasteiger charge is -2.28. The first-order valence-electron chi connectivity index (χ1n) is 7.61. The van der Waals surface area contributed by atoms with Gasteiger partial charge in [0.2, 0.25) is 5.91 Å². The van der Waals surface area contributed by atoms with Crippen molar-refractivity contribution in [3.8, 4) is 0 Å². The number of carbonyl (C=O) groups excluding carboxylic acids is 2. The van der Waals surface area contributed by atoms with Crippen molar-refractivity contribution in [3.63, 3.8) is 0 Å². The lowest BCUT2D eigenvalue weighted by Crippen LogP contribution is -2.48. The molecule has 0 radical (unpaired) electrons. The van der Waals surface area contributed by atoms with Crippen LogP contribution in [0.5, 0.6) is 0 Å². The molecule has 2 aliphatic rings. The van der Waals surface area contributed by atoms with Crippen molar-refractivity contribution in [1.29, 1.82) is 0 Å². The fourth-order valence-corrected chi connectivity index (χ4v) is 3.63. The van der Waals surface area contributed by atoms with Crippen molar-refractivity contribution in [1.82, 2.24) is 4.90 Å². The van der Waals surface area contributed by atoms with Gasteiger partial charge in [0, 0.05) is 18.9 Å². The van der Waals surface area contributed by atoms with Crippen LogP contribution in [0, 0.1) is 6.92 Å². The highest BCUT2D eigenvalue weighted by molar-refractivity contribution is 5.92. The Balaban J connectivity index is 1.88. The van der Waals surface area contributed by atoms with E-state index in [1.54, 1.807) is 4.90 Å². The van der Waals surface area contributed by atoms with Crippen molar-refractivity contribution < 1.29 is 14.3 Å². The Bertz CT molecular complexity index is 566. The minimum absolute atomic E-state index is 0.0812. The molecular weight excluding hydrogens is 266 g/mol. The predicted molar refractivity (Wildman–Crippen MR) is 78.8 cm³/mol. The summed E-state index contributed by atoms with van der Waals surface area (Å²) in [5, 5.41) is 0. The largest absolute Gasteiger partial charge is 0.464 e. The standard InChI is InChI=1S/C17H21NO3/c1-3-21-16(20)17-9-8-15(19)18(17)11-14(10-17)13-6-4-12(2)5-7-13/h4-7,14H,3,8-11H2,1-2H3. The number of hydrogen-bond acceptors (Lipinski definition) is 3. The SMILES string of the molecule is CCOC(=O)C12CCC(=O)N1CC(c1ccc(C)cc1)C2. The molecule has 2 aliphatic heterocycles. The number of carbonyl (C=O) groups is 2. The number of rotatable bonds is 3. The van der Waals surface area contributed by atoms with Crippen molar-refractivity contribution in [3.05, 3.63) is 35.4 Å². The molecule has 112 valence electrons. The van der Waals surface area contributed by atoms with E-state index in [2.05, 4.69) is 31.2 Å². The maximum Gasteiger partial charge on any atom is 0.332 e. The topological polar surface area (TPSA) is 46.6 Å². The number of hydrogen-bond donors (Lipinski definition) is 0. The Kier molecular flexibility index (Phi) is 3.47. The fourth-order valence-electron chi connectivity index (χ4n) is 3.63. The average Bonchev–Trinajstić information content (AvgIpc) is 2.99. The summed E-state index contributed by atoms with van der Waals surface area (Å²) in [4.78, 5) is 26.3. The number of nitrogens with zero attached hydrogens (tertiary/aromatic N) is 1. The van der Waals surface area contributed by atoms with E-state index in [1.807, 2.05) is 6.92 Å². The van der Waals surface area contributed by atoms with Crippen LogP contribution in [0.25, 0.3) is 0 Å². The minimum Gasteiger partial charge on any atom is -0.464 e. The van der Waals surface area contributed by atoms with Crippen molar-refractivity contribution >= 4 is 11.9 Å². The summed E-state index contributed by atoms with van der Waals surface area (Å²) in [6, 6.07) is 8.37. The number of amides is 1. The molecule has 4 nitrogen and oxygen atoms in total. The number of benzene rings is 1. The van der Waals surface area contributed by atoms with Crippen LogP contribution in [-0.2, 0) is 14.3 Å². The third kappa shape index (κ3) is 2.23. The van der Waals surface area contributed by atoms with Gasteiger partial charge < -0.3 is 9.64 Å². The van der Waals surface area contributed by atoms with Gasteiger partial charge in [0.1, 0.15) is 5.54 Å². The van der Waals surface area contributed by atoms with Gasteiger partial charge in [0.15, 0.2) is 0 Å². The highest BCUT2D eigenvalue weighted by atomic mass is 16.5. The van der Waals surface area contributed by atoms with Gasteiger partial charge in [-0.25, -0.2) is 4.79 Å². The van der Waals surface area contributed by atoms with E-state index in [4.69, 9.17) is 4.74 Å². The Labute approximate surface area is 125 Å². The fraction of sp³-hybridized carbons (Fsp3) is 0.529. The van der Waals surface area contributed by atoms with E-state index in [0.29, 0.717) is 32.4 Å². The molecule has 4 heteroatoms. The highest BCUT2D eigenvalue weighted by Crippen LogP contribution is 2.46. The summed E-state index contributed by atoms with van der Waals surface area (Å²) in [6.45, 7) is 4.85. The lowest BCUT2D eigenvalue weighted by molar-refractivity contribution is -0.157. The summed E-state index contributed by atoms with van der Waals surface area (Å²) in [7, 11) is 0. The first-order valence-corrected chi connectivity index (χ1v) is 7.61. The molecule has 2 fully saturated rings. The molecule has 1 amide bonds. The van der Waals surface area contributed by atoms with Gasteiger partial charge in [-0.15, -0.1) is 0 Å². The number of aryl methyl sites for hydroxylation is 1. The monoisotopic (exact) mass is 287 g/mol. The molecule has 0 N–H and O–H groups in total. The van der Waals surface area contributed by atoms with Gasteiger partial charge in [-0.1, -0.05) is 29.8 Å². The molecule has 0 aromatic heterocycles. The van der Waals surface area contributed by atoms with E-state index in [9.17, 15) is 9.59 Å². The van der Waals surface area contributed by atoms with Crippen molar-refractivity contribution in [2.24, 2.45) is 0 Å². The molecule has 1 aromatic rings. The van der Waals surface area contributed by atoms with Crippen LogP contribution in [-0.4, -0.2) is 35.5 Å². The van der Waals surface area contributed by atoms with Crippen LogP contribution in [0.2, 0.25) is 0 Å². The molecule has 21 heavy (non-hydrogen) atoms. The van der Waals surface area contributed by atoms with E-state index in [1.165, 1.54) is 11.1 Å². The zero-order chi connectivity index (χ0) is 15.0. The number of esters is 1. The van der Waals surface area contributed by atoms with E-state index >= 15 is 0 Å². The van der Waals surface area contributed by atoms with E-state index in [0.717, 1.165) is 0 Å². The Morgan fingerprint density at radius 2 is 2.10 bits per heavy atom. The van der Waals surface area contributed by atoms with Crippen LogP contribution in [0.1, 0.15) is 43.2 Å². The van der Waals surface area contributed by atoms with Gasteiger partial charge in [-0.2, -0.15) is 0 Å². The number of ether oxygens (including phenoxy) is 1. The smallest absolute Gasteiger partial charge is 0.332 e. The van der Waals surface area contributed by atoms with E-state index < -0.39 is 5.54 Å². The molecule has 2 saturated heterocycles. The highest BCUT2D eigenvalue weighted by Gasteiger charge is 2.57. The van der Waals surface area contributed by atoms with Gasteiger partial charge >= 0.3 is 5.97 Å². The van der Waals surface area contributed by atoms with Gasteiger partial charge in [-0.3, -0.25) is 4.79 Å². The van der Waals surface area contributed by atoms with Gasteiger partial charge in [0.25, 0.3) is 0 Å². The second kappa shape index (κ2) is 5.17. The predicted octanol–water partition coefficient (Wildman–Crippen LogP) is 2.41. The van der Waals surface area contributed by atoms with Crippen LogP contribution in [0.3, 0.4) is 0 Å². The second-order valence-electron chi connectivity index (χ2n) is 6.07. The molecule has 0 aliphatic carbocycles. The molecule has 3 rings (SSSR count). The quantitative estimate of drug-likeness (QED) is 0.802. The Hall–Kier alpha value is -1.84. The third-order valence-electron chi connectivity index (χ3n) is 4.76. The zero-order valence-corrected chi connectivity index (χ0v) is 12.6. The molecule has 0 bridgehead atoms. The summed E-state index contributed by atoms with van der Waals surface area (Å²) >= 11 is 0. The summed E-state index contributed by atoms with van der Waals surface area (Å²) in [5.41, 5.74) is 1.70. The normalized spacial score (nSPS) is 27.8. The summed E-state index contributed by atoms with van der Waals surface area (Å²) < 4.78 is 5.25. The maximum absolute atomic E-state index is 12.4.